The van der Waals surface area contributed by atoms with Gasteiger partial charge in [0, 0.05) is 12.3 Å². The minimum atomic E-state index is -0.976. The second-order valence-corrected chi connectivity index (χ2v) is 9.07. The van der Waals surface area contributed by atoms with E-state index in [1.807, 2.05) is 19.9 Å². The molecule has 3 nitrogen and oxygen atoms in total. The first kappa shape index (κ1) is 20.6. The van der Waals surface area contributed by atoms with Gasteiger partial charge in [-0.15, -0.1) is 0 Å². The van der Waals surface area contributed by atoms with Gasteiger partial charge in [-0.25, -0.2) is 0 Å². The molecule has 0 amide bonds. The zero-order valence-corrected chi connectivity index (χ0v) is 17.9. The van der Waals surface area contributed by atoms with Crippen LogP contribution in [0.15, 0.2) is 47.1 Å². The van der Waals surface area contributed by atoms with Gasteiger partial charge in [-0.1, -0.05) is 49.2 Å². The molecule has 4 aliphatic rings. The van der Waals surface area contributed by atoms with Crippen LogP contribution in [0.1, 0.15) is 75.8 Å². The predicted octanol–water partition coefficient (Wildman–Crippen LogP) is 5.01. The van der Waals surface area contributed by atoms with Gasteiger partial charge in [0.15, 0.2) is 5.78 Å². The Morgan fingerprint density at radius 1 is 1.00 bits per heavy atom. The number of carbonyl (C=O) groups is 1. The van der Waals surface area contributed by atoms with Crippen molar-refractivity contribution >= 4 is 5.78 Å². The Labute approximate surface area is 174 Å². The van der Waals surface area contributed by atoms with Gasteiger partial charge in [-0.05, 0) is 80.1 Å². The molecule has 0 saturated heterocycles. The topological polar surface area (TPSA) is 57.5 Å². The van der Waals surface area contributed by atoms with E-state index in [9.17, 15) is 15.0 Å². The monoisotopic (exact) mass is 394 g/mol. The van der Waals surface area contributed by atoms with Crippen LogP contribution in [-0.2, 0) is 4.79 Å². The highest BCUT2D eigenvalue weighted by Gasteiger charge is 2.58. The van der Waals surface area contributed by atoms with E-state index in [-0.39, 0.29) is 17.6 Å². The maximum atomic E-state index is 12.0. The Morgan fingerprint density at radius 2 is 1.72 bits per heavy atom. The van der Waals surface area contributed by atoms with Crippen molar-refractivity contribution in [1.29, 1.82) is 0 Å². The van der Waals surface area contributed by atoms with Gasteiger partial charge in [0.2, 0.25) is 0 Å². The van der Waals surface area contributed by atoms with Crippen molar-refractivity contribution in [1.82, 2.24) is 0 Å². The third kappa shape index (κ3) is 3.33. The fraction of sp³-hybridized carbons (Fsp3) is 0.577. The summed E-state index contributed by atoms with van der Waals surface area (Å²) in [5.41, 5.74) is 5.58. The maximum Gasteiger partial charge on any atom is 0.156 e. The summed E-state index contributed by atoms with van der Waals surface area (Å²) in [4.78, 5) is 12.0. The van der Waals surface area contributed by atoms with Gasteiger partial charge in [-0.2, -0.15) is 0 Å². The van der Waals surface area contributed by atoms with Crippen molar-refractivity contribution in [3.63, 3.8) is 0 Å². The fourth-order valence-corrected chi connectivity index (χ4v) is 6.35. The van der Waals surface area contributed by atoms with Gasteiger partial charge in [0.25, 0.3) is 0 Å². The zero-order chi connectivity index (χ0) is 20.8. The molecule has 0 spiro atoms. The van der Waals surface area contributed by atoms with Crippen molar-refractivity contribution in [3.8, 4) is 0 Å². The number of hydrogen-bond acceptors (Lipinski definition) is 3. The van der Waals surface area contributed by atoms with E-state index >= 15 is 0 Å². The van der Waals surface area contributed by atoms with Crippen LogP contribution in [0.25, 0.3) is 0 Å². The van der Waals surface area contributed by atoms with Crippen molar-refractivity contribution in [3.05, 3.63) is 58.2 Å². The average Bonchev–Trinajstić information content (AvgIpc) is 3.03. The summed E-state index contributed by atoms with van der Waals surface area (Å²) >= 11 is 0. The lowest BCUT2D eigenvalue weighted by molar-refractivity contribution is -0.115. The molecule has 3 heteroatoms. The number of aliphatic hydroxyl groups is 2. The third-order valence-electron chi connectivity index (χ3n) is 7.66. The molecule has 0 aliphatic heterocycles. The fourth-order valence-electron chi connectivity index (χ4n) is 6.35. The molecule has 5 atom stereocenters. The van der Waals surface area contributed by atoms with Crippen LogP contribution in [-0.4, -0.2) is 27.7 Å². The lowest BCUT2D eigenvalue weighted by Gasteiger charge is -2.50. The number of allylic oxidation sites excluding steroid dienone is 4. The normalized spacial score (nSPS) is 35.8. The standard InChI is InChI=1S/C24H28O3.C2H6/c1-14-2-4-15(5-3-14)20-13-24(27)21(10-11-22(24)26)19-8-6-16-12-17(25)7-9-18(16)23(19)20;1-2/h2-5,12,19-22,26-27H,6-11,13H2,1H3;1-2H3. The minimum Gasteiger partial charge on any atom is -0.390 e. The molecule has 29 heavy (non-hydrogen) atoms. The summed E-state index contributed by atoms with van der Waals surface area (Å²) in [6, 6.07) is 8.64. The summed E-state index contributed by atoms with van der Waals surface area (Å²) in [6.45, 7) is 6.09. The van der Waals surface area contributed by atoms with E-state index in [2.05, 4.69) is 31.2 Å². The van der Waals surface area contributed by atoms with Crippen LogP contribution in [0.3, 0.4) is 0 Å². The van der Waals surface area contributed by atoms with E-state index in [4.69, 9.17) is 0 Å². The van der Waals surface area contributed by atoms with Crippen molar-refractivity contribution in [2.75, 3.05) is 0 Å². The summed E-state index contributed by atoms with van der Waals surface area (Å²) in [5.74, 6) is 0.864. The Kier molecular flexibility index (Phi) is 5.56. The lowest BCUT2D eigenvalue weighted by atomic mass is 9.56. The molecule has 5 rings (SSSR count). The van der Waals surface area contributed by atoms with Crippen molar-refractivity contribution in [2.45, 2.75) is 83.3 Å². The number of aryl methyl sites for hydroxylation is 1. The number of benzene rings is 1. The first-order chi connectivity index (χ1) is 14.0. The molecule has 0 heterocycles. The van der Waals surface area contributed by atoms with Gasteiger partial charge in [0.05, 0.1) is 11.7 Å². The molecule has 4 aliphatic carbocycles. The largest absolute Gasteiger partial charge is 0.390 e. The molecule has 156 valence electrons. The van der Waals surface area contributed by atoms with Gasteiger partial charge in [-0.3, -0.25) is 4.79 Å². The summed E-state index contributed by atoms with van der Waals surface area (Å²) < 4.78 is 0. The van der Waals surface area contributed by atoms with Crippen LogP contribution in [0.2, 0.25) is 0 Å². The number of carbonyl (C=O) groups excluding carboxylic acids is 1. The average molecular weight is 395 g/mol. The summed E-state index contributed by atoms with van der Waals surface area (Å²) in [5, 5.41) is 22.1. The SMILES string of the molecule is CC.Cc1ccc(C2CC3(O)C(O)CCC3C3CCC4=CC(=O)CCC4=C23)cc1. The van der Waals surface area contributed by atoms with E-state index in [0.29, 0.717) is 25.2 Å². The van der Waals surface area contributed by atoms with Crippen LogP contribution >= 0.6 is 0 Å². The highest BCUT2D eigenvalue weighted by molar-refractivity contribution is 5.93. The van der Waals surface area contributed by atoms with Crippen LogP contribution in [0.4, 0.5) is 0 Å². The number of hydrogen-bond donors (Lipinski definition) is 2. The molecule has 0 radical (unpaired) electrons. The van der Waals surface area contributed by atoms with Gasteiger partial charge >= 0.3 is 0 Å². The Balaban J connectivity index is 0.000000994. The second kappa shape index (κ2) is 7.85. The van der Waals surface area contributed by atoms with E-state index in [1.54, 1.807) is 0 Å². The number of rotatable bonds is 1. The third-order valence-corrected chi connectivity index (χ3v) is 7.66. The van der Waals surface area contributed by atoms with Gasteiger partial charge in [0.1, 0.15) is 0 Å². The molecule has 2 fully saturated rings. The minimum absolute atomic E-state index is 0.136. The molecule has 5 unspecified atom stereocenters. The smallest absolute Gasteiger partial charge is 0.156 e. The zero-order valence-electron chi connectivity index (χ0n) is 17.9. The van der Waals surface area contributed by atoms with Crippen molar-refractivity contribution < 1.29 is 15.0 Å². The van der Waals surface area contributed by atoms with Crippen LogP contribution < -0.4 is 0 Å². The molecular formula is C26H34O3. The highest BCUT2D eigenvalue weighted by atomic mass is 16.3. The van der Waals surface area contributed by atoms with Crippen molar-refractivity contribution in [2.24, 2.45) is 11.8 Å². The van der Waals surface area contributed by atoms with Crippen LogP contribution in [0.5, 0.6) is 0 Å². The van der Waals surface area contributed by atoms with Crippen LogP contribution in [0, 0.1) is 18.8 Å². The molecular weight excluding hydrogens is 360 g/mol. The highest BCUT2D eigenvalue weighted by Crippen LogP contribution is 2.60. The predicted molar refractivity (Wildman–Crippen MR) is 116 cm³/mol. The van der Waals surface area contributed by atoms with Gasteiger partial charge < -0.3 is 10.2 Å². The van der Waals surface area contributed by atoms with E-state index in [0.717, 1.165) is 25.7 Å². The van der Waals surface area contributed by atoms with E-state index in [1.165, 1.54) is 27.8 Å². The number of ketones is 1. The molecule has 0 bridgehead atoms. The molecule has 1 aromatic carbocycles. The number of aliphatic hydroxyl groups excluding tert-OH is 1. The molecule has 0 aromatic heterocycles. The lowest BCUT2D eigenvalue weighted by Crippen LogP contribution is -2.52. The quantitative estimate of drug-likeness (QED) is 0.704. The number of fused-ring (bicyclic) bond motifs is 4. The summed E-state index contributed by atoms with van der Waals surface area (Å²) in [7, 11) is 0. The molecule has 2 N–H and O–H groups in total. The first-order valence-corrected chi connectivity index (χ1v) is 11.4. The second-order valence-electron chi connectivity index (χ2n) is 9.07. The Morgan fingerprint density at radius 3 is 2.45 bits per heavy atom. The molecule has 2 saturated carbocycles. The summed E-state index contributed by atoms with van der Waals surface area (Å²) in [6.07, 6.45) is 6.81. The van der Waals surface area contributed by atoms with E-state index < -0.39 is 11.7 Å². The molecule has 1 aromatic rings. The first-order valence-electron chi connectivity index (χ1n) is 11.4. The maximum absolute atomic E-state index is 12.0. The Hall–Kier alpha value is -1.71. The Bertz CT molecular complexity index is 847.